The Morgan fingerprint density at radius 3 is 2.35 bits per heavy atom. The van der Waals surface area contributed by atoms with Crippen molar-refractivity contribution in [1.82, 2.24) is 14.1 Å². The number of pyridine rings is 1. The number of hydrogen-bond acceptors (Lipinski definition) is 1. The summed E-state index contributed by atoms with van der Waals surface area (Å²) in [5.41, 5.74) is 3.17. The van der Waals surface area contributed by atoms with E-state index in [0.29, 0.717) is 11.5 Å². The molecule has 1 aromatic carbocycles. The Bertz CT molecular complexity index is 1190. The van der Waals surface area contributed by atoms with E-state index in [1.807, 2.05) is 24.0 Å². The number of imidazole rings is 2. The van der Waals surface area contributed by atoms with Crippen molar-refractivity contribution < 1.29 is 13.5 Å². The molecule has 160 valence electrons. The molecule has 31 heavy (non-hydrogen) atoms. The topological polar surface area (TPSA) is 30.5 Å². The van der Waals surface area contributed by atoms with Gasteiger partial charge >= 0.3 is 0 Å². The molecule has 0 N–H and O–H groups in total. The molecule has 6 heteroatoms. The molecule has 4 aromatic rings. The summed E-state index contributed by atoms with van der Waals surface area (Å²) >= 11 is 0. The van der Waals surface area contributed by atoms with Gasteiger partial charge in [-0.3, -0.25) is 4.98 Å². The van der Waals surface area contributed by atoms with Crippen LogP contribution in [0.2, 0.25) is 0 Å². The van der Waals surface area contributed by atoms with Crippen LogP contribution in [0.15, 0.2) is 67.5 Å². The molecule has 0 aliphatic carbocycles. The lowest BCUT2D eigenvalue weighted by atomic mass is 9.92. The number of rotatable bonds is 7. The summed E-state index contributed by atoms with van der Waals surface area (Å²) in [6.07, 6.45) is 12.1. The first kappa shape index (κ1) is 21.0. The van der Waals surface area contributed by atoms with Crippen LogP contribution in [0.5, 0.6) is 0 Å². The number of halogens is 1. The fourth-order valence-corrected chi connectivity index (χ4v) is 4.35. The van der Waals surface area contributed by atoms with E-state index < -0.39 is 0 Å². The third kappa shape index (κ3) is 4.02. The highest BCUT2D eigenvalue weighted by Crippen LogP contribution is 2.30. The van der Waals surface area contributed by atoms with E-state index in [9.17, 15) is 4.39 Å². The van der Waals surface area contributed by atoms with Crippen molar-refractivity contribution in [2.75, 3.05) is 0 Å². The molecule has 0 radical (unpaired) electrons. The van der Waals surface area contributed by atoms with E-state index in [-0.39, 0.29) is 5.82 Å². The summed E-state index contributed by atoms with van der Waals surface area (Å²) in [7, 11) is 4.04. The second-order valence-electron chi connectivity index (χ2n) is 8.08. The molecule has 0 bridgehead atoms. The maximum atomic E-state index is 14.4. The van der Waals surface area contributed by atoms with Crippen LogP contribution in [0.25, 0.3) is 22.8 Å². The van der Waals surface area contributed by atoms with Crippen LogP contribution in [0.1, 0.15) is 31.7 Å². The zero-order valence-corrected chi connectivity index (χ0v) is 18.7. The van der Waals surface area contributed by atoms with Crippen LogP contribution in [-0.4, -0.2) is 14.1 Å². The molecule has 0 spiro atoms. The van der Waals surface area contributed by atoms with Crippen LogP contribution in [0.3, 0.4) is 0 Å². The normalized spacial score (nSPS) is 12.3. The minimum atomic E-state index is -0.302. The largest absolute Gasteiger partial charge is 0.291 e. The van der Waals surface area contributed by atoms with Crippen molar-refractivity contribution in [2.24, 2.45) is 14.1 Å². The van der Waals surface area contributed by atoms with E-state index in [1.165, 1.54) is 23.1 Å². The summed E-state index contributed by atoms with van der Waals surface area (Å²) in [6, 6.07) is 10.4. The average Bonchev–Trinajstić information content (AvgIpc) is 3.34. The van der Waals surface area contributed by atoms with Crippen molar-refractivity contribution >= 4 is 0 Å². The first-order valence-corrected chi connectivity index (χ1v) is 10.8. The predicted octanol–water partition coefficient (Wildman–Crippen LogP) is 4.02. The monoisotopic (exact) mass is 419 g/mol. The highest BCUT2D eigenvalue weighted by molar-refractivity contribution is 5.59. The molecular formula is C25H30FN5+2. The molecule has 3 aromatic heterocycles. The van der Waals surface area contributed by atoms with Gasteiger partial charge in [0.25, 0.3) is 11.6 Å². The van der Waals surface area contributed by atoms with E-state index in [1.54, 1.807) is 12.3 Å². The van der Waals surface area contributed by atoms with E-state index in [0.717, 1.165) is 25.3 Å². The molecule has 0 saturated carbocycles. The van der Waals surface area contributed by atoms with Gasteiger partial charge in [0, 0.05) is 6.20 Å². The molecule has 1 atom stereocenters. The number of aryl methyl sites for hydroxylation is 4. The average molecular weight is 420 g/mol. The van der Waals surface area contributed by atoms with Gasteiger partial charge in [0.1, 0.15) is 30.4 Å². The van der Waals surface area contributed by atoms with Crippen LogP contribution in [0.4, 0.5) is 4.39 Å². The molecule has 3 heterocycles. The first-order chi connectivity index (χ1) is 15.0. The zero-order valence-electron chi connectivity index (χ0n) is 18.7. The van der Waals surface area contributed by atoms with Crippen LogP contribution in [-0.2, 0) is 27.2 Å². The summed E-state index contributed by atoms with van der Waals surface area (Å²) < 4.78 is 23.0. The summed E-state index contributed by atoms with van der Waals surface area (Å²) in [4.78, 5) is 3.89. The lowest BCUT2D eigenvalue weighted by Gasteiger charge is -2.15. The number of aromatic nitrogens is 5. The van der Waals surface area contributed by atoms with E-state index in [4.69, 9.17) is 0 Å². The minimum absolute atomic E-state index is 0.302. The molecule has 0 fully saturated rings. The Balaban J connectivity index is 1.62. The minimum Gasteiger partial charge on any atom is -0.262 e. The molecular weight excluding hydrogens is 389 g/mol. The van der Waals surface area contributed by atoms with Gasteiger partial charge in [0.15, 0.2) is 5.82 Å². The van der Waals surface area contributed by atoms with Gasteiger partial charge in [0.05, 0.1) is 38.9 Å². The second-order valence-corrected chi connectivity index (χ2v) is 8.08. The van der Waals surface area contributed by atoms with Crippen LogP contribution in [0, 0.1) is 5.82 Å². The van der Waals surface area contributed by atoms with Crippen molar-refractivity contribution in [3.05, 3.63) is 78.9 Å². The molecule has 1 unspecified atom stereocenters. The third-order valence-corrected chi connectivity index (χ3v) is 6.04. The van der Waals surface area contributed by atoms with Crippen molar-refractivity contribution in [1.29, 1.82) is 0 Å². The highest BCUT2D eigenvalue weighted by Gasteiger charge is 2.24. The smallest absolute Gasteiger partial charge is 0.262 e. The van der Waals surface area contributed by atoms with Crippen molar-refractivity contribution in [3.8, 4) is 22.8 Å². The van der Waals surface area contributed by atoms with Gasteiger partial charge < -0.3 is 0 Å². The maximum Gasteiger partial charge on any atom is 0.291 e. The third-order valence-electron chi connectivity index (χ3n) is 6.04. The number of benzene rings is 1. The van der Waals surface area contributed by atoms with Gasteiger partial charge in [-0.15, -0.1) is 0 Å². The fraction of sp³-hybridized carbons (Fsp3) is 0.320. The van der Waals surface area contributed by atoms with E-state index in [2.05, 4.69) is 76.2 Å². The summed E-state index contributed by atoms with van der Waals surface area (Å²) in [5.74, 6) is 2.12. The Labute approximate surface area is 183 Å². The molecule has 0 saturated heterocycles. The Hall–Kier alpha value is -3.28. The van der Waals surface area contributed by atoms with E-state index >= 15 is 0 Å². The summed E-state index contributed by atoms with van der Waals surface area (Å²) in [5, 5.41) is 0. The van der Waals surface area contributed by atoms with Gasteiger partial charge in [-0.05, 0) is 37.0 Å². The lowest BCUT2D eigenvalue weighted by molar-refractivity contribution is -0.659. The maximum absolute atomic E-state index is 14.4. The molecule has 0 amide bonds. The lowest BCUT2D eigenvalue weighted by Crippen LogP contribution is -2.30. The Kier molecular flexibility index (Phi) is 5.98. The van der Waals surface area contributed by atoms with Crippen molar-refractivity contribution in [3.63, 3.8) is 0 Å². The number of hydrogen-bond donors (Lipinski definition) is 0. The fourth-order valence-electron chi connectivity index (χ4n) is 4.35. The quantitative estimate of drug-likeness (QED) is 0.416. The second kappa shape index (κ2) is 8.84. The van der Waals surface area contributed by atoms with Gasteiger partial charge in [-0.2, -0.15) is 0 Å². The molecule has 4 rings (SSSR count). The van der Waals surface area contributed by atoms with Gasteiger partial charge in [-0.25, -0.2) is 22.7 Å². The Morgan fingerprint density at radius 2 is 1.65 bits per heavy atom. The predicted molar refractivity (Wildman–Crippen MR) is 119 cm³/mol. The molecule has 0 aliphatic heterocycles. The van der Waals surface area contributed by atoms with Crippen LogP contribution >= 0.6 is 0 Å². The highest BCUT2D eigenvalue weighted by atomic mass is 19.1. The number of nitrogens with zero attached hydrogens (tertiary/aromatic N) is 5. The standard InChI is InChI=1S/C25H30FN5/c1-5-30-16-14-28(3)24(30)21-9-7-6-8-20(21)19(2)11-13-31-17-15-29(4)25(31)22-10-12-27-18-23(22)26/h6-10,12,14-19H,5,11,13H2,1-4H3/q+2. The zero-order chi connectivity index (χ0) is 22.0. The SMILES string of the molecule is CCn1cc[n+](C)c1-c1ccccc1C(C)CCn1cc[n+](C)c1-c1ccncc1F. The molecule has 5 nitrogen and oxygen atoms in total. The summed E-state index contributed by atoms with van der Waals surface area (Å²) in [6.45, 7) is 6.17. The van der Waals surface area contributed by atoms with Crippen molar-refractivity contribution in [2.45, 2.75) is 39.3 Å². The van der Waals surface area contributed by atoms with Gasteiger partial charge in [0.2, 0.25) is 0 Å². The van der Waals surface area contributed by atoms with Crippen LogP contribution < -0.4 is 9.13 Å². The van der Waals surface area contributed by atoms with Gasteiger partial charge in [-0.1, -0.05) is 25.1 Å². The Morgan fingerprint density at radius 1 is 0.968 bits per heavy atom. The first-order valence-electron chi connectivity index (χ1n) is 10.8. The molecule has 0 aliphatic rings.